The van der Waals surface area contributed by atoms with E-state index in [1.807, 2.05) is 30.3 Å². The number of halogens is 1. The summed E-state index contributed by atoms with van der Waals surface area (Å²) >= 11 is 5.90. The molecule has 2 aromatic rings. The van der Waals surface area contributed by atoms with Crippen molar-refractivity contribution in [1.82, 2.24) is 14.8 Å². The van der Waals surface area contributed by atoms with Crippen LogP contribution >= 0.6 is 11.6 Å². The molecule has 1 aliphatic heterocycles. The molecule has 0 radical (unpaired) electrons. The molecule has 1 aromatic carbocycles. The first kappa shape index (κ1) is 15.2. The van der Waals surface area contributed by atoms with Crippen LogP contribution < -0.4 is 10.6 Å². The molecule has 0 aliphatic carbocycles. The maximum atomic E-state index is 5.90. The number of nitrogens with zero attached hydrogens (tertiary/aromatic N) is 3. The summed E-state index contributed by atoms with van der Waals surface area (Å²) in [6.07, 6.45) is 3.92. The van der Waals surface area contributed by atoms with Gasteiger partial charge in [-0.05, 0) is 38.1 Å². The number of nitrogen functional groups attached to an aromatic ring is 1. The minimum absolute atomic E-state index is 0.585. The van der Waals surface area contributed by atoms with Crippen LogP contribution in [0.15, 0.2) is 30.3 Å². The molecule has 118 valence electrons. The second kappa shape index (κ2) is 7.03. The van der Waals surface area contributed by atoms with E-state index in [0.29, 0.717) is 17.5 Å². The number of ether oxygens (including phenoxy) is 1. The Hall–Kier alpha value is -1.72. The molecule has 2 heterocycles. The van der Waals surface area contributed by atoms with Gasteiger partial charge >= 0.3 is 0 Å². The van der Waals surface area contributed by atoms with Gasteiger partial charge in [0.25, 0.3) is 0 Å². The number of rotatable bonds is 5. The number of hydrogen-bond acceptors (Lipinski definition) is 4. The van der Waals surface area contributed by atoms with E-state index in [9.17, 15) is 0 Å². The number of likely N-dealkylation sites (tertiary alicyclic amines) is 1. The van der Waals surface area contributed by atoms with Gasteiger partial charge in [0.15, 0.2) is 0 Å². The van der Waals surface area contributed by atoms with Crippen LogP contribution in [-0.2, 0) is 0 Å². The zero-order chi connectivity index (χ0) is 15.4. The summed E-state index contributed by atoms with van der Waals surface area (Å²) in [4.78, 5) is 3.72. The molecule has 1 aliphatic rings. The normalized spacial score (nSPS) is 15.9. The number of hydrogen-bond donors (Lipinski definition) is 1. The van der Waals surface area contributed by atoms with Crippen LogP contribution in [0, 0.1) is 0 Å². The third-order valence-electron chi connectivity index (χ3n) is 3.95. The van der Waals surface area contributed by atoms with Crippen LogP contribution in [0.4, 0.5) is 0 Å². The third kappa shape index (κ3) is 3.72. The Balaban J connectivity index is 1.58. The van der Waals surface area contributed by atoms with Gasteiger partial charge in [-0.3, -0.25) is 4.90 Å². The highest BCUT2D eigenvalue weighted by Crippen LogP contribution is 2.23. The standard InChI is InChI=1S/C16H21ClN4O/c17-14-6-4-13(5-7-14)15-12-16(21(18)19-15)22-11-10-20-8-2-1-3-9-20/h4-7,12H,1-3,8-11,18H2. The molecular weight excluding hydrogens is 300 g/mol. The Morgan fingerprint density at radius 2 is 1.86 bits per heavy atom. The molecule has 0 spiro atoms. The monoisotopic (exact) mass is 320 g/mol. The predicted molar refractivity (Wildman–Crippen MR) is 88.6 cm³/mol. The maximum absolute atomic E-state index is 5.90. The Labute approximate surface area is 135 Å². The van der Waals surface area contributed by atoms with Gasteiger partial charge in [0, 0.05) is 23.2 Å². The molecular formula is C16H21ClN4O. The lowest BCUT2D eigenvalue weighted by Gasteiger charge is -2.26. The number of piperidine rings is 1. The Kier molecular flexibility index (Phi) is 4.85. The van der Waals surface area contributed by atoms with Crippen molar-refractivity contribution in [3.63, 3.8) is 0 Å². The highest BCUT2D eigenvalue weighted by atomic mass is 35.5. The van der Waals surface area contributed by atoms with Gasteiger partial charge in [-0.2, -0.15) is 0 Å². The van der Waals surface area contributed by atoms with E-state index in [0.717, 1.165) is 17.8 Å². The summed E-state index contributed by atoms with van der Waals surface area (Å²) in [6.45, 7) is 3.90. The SMILES string of the molecule is Nn1nc(-c2ccc(Cl)cc2)cc1OCCN1CCCCC1. The van der Waals surface area contributed by atoms with Gasteiger partial charge in [0.2, 0.25) is 5.88 Å². The van der Waals surface area contributed by atoms with Crippen molar-refractivity contribution in [3.05, 3.63) is 35.4 Å². The average molecular weight is 321 g/mol. The highest BCUT2D eigenvalue weighted by Gasteiger charge is 2.12. The minimum Gasteiger partial charge on any atom is -0.475 e. The zero-order valence-corrected chi connectivity index (χ0v) is 13.3. The topological polar surface area (TPSA) is 56.3 Å². The van der Waals surface area contributed by atoms with Gasteiger partial charge in [-0.1, -0.05) is 30.2 Å². The number of nitrogens with two attached hydrogens (primary N) is 1. The second-order valence-corrected chi connectivity index (χ2v) is 6.01. The lowest BCUT2D eigenvalue weighted by atomic mass is 10.1. The van der Waals surface area contributed by atoms with Crippen LogP contribution in [0.5, 0.6) is 5.88 Å². The Bertz CT molecular complexity index is 605. The van der Waals surface area contributed by atoms with Crippen molar-refractivity contribution in [2.24, 2.45) is 0 Å². The van der Waals surface area contributed by atoms with Crippen molar-refractivity contribution in [1.29, 1.82) is 0 Å². The molecule has 0 bridgehead atoms. The summed E-state index contributed by atoms with van der Waals surface area (Å²) in [5.41, 5.74) is 1.75. The van der Waals surface area contributed by atoms with Crippen LogP contribution in [0.3, 0.4) is 0 Å². The quantitative estimate of drug-likeness (QED) is 0.861. The van der Waals surface area contributed by atoms with E-state index < -0.39 is 0 Å². The molecule has 3 rings (SSSR count). The smallest absolute Gasteiger partial charge is 0.232 e. The molecule has 0 atom stereocenters. The van der Waals surface area contributed by atoms with Gasteiger partial charge in [-0.25, -0.2) is 0 Å². The summed E-state index contributed by atoms with van der Waals surface area (Å²) in [7, 11) is 0. The molecule has 2 N–H and O–H groups in total. The lowest BCUT2D eigenvalue weighted by Crippen LogP contribution is -2.33. The largest absolute Gasteiger partial charge is 0.475 e. The molecule has 6 heteroatoms. The van der Waals surface area contributed by atoms with E-state index in [2.05, 4.69) is 10.00 Å². The Morgan fingerprint density at radius 1 is 1.14 bits per heavy atom. The number of aromatic nitrogens is 2. The van der Waals surface area contributed by atoms with Crippen molar-refractivity contribution in [2.45, 2.75) is 19.3 Å². The van der Waals surface area contributed by atoms with E-state index in [-0.39, 0.29) is 0 Å². The van der Waals surface area contributed by atoms with Crippen LogP contribution in [0.1, 0.15) is 19.3 Å². The van der Waals surface area contributed by atoms with E-state index in [1.54, 1.807) is 0 Å². The van der Waals surface area contributed by atoms with Crippen LogP contribution in [-0.4, -0.2) is 41.0 Å². The van der Waals surface area contributed by atoms with Crippen molar-refractivity contribution in [2.75, 3.05) is 32.1 Å². The zero-order valence-electron chi connectivity index (χ0n) is 12.5. The lowest BCUT2D eigenvalue weighted by molar-refractivity contribution is 0.178. The second-order valence-electron chi connectivity index (χ2n) is 5.57. The Morgan fingerprint density at radius 3 is 2.59 bits per heavy atom. The summed E-state index contributed by atoms with van der Waals surface area (Å²) < 4.78 is 5.77. The molecule has 22 heavy (non-hydrogen) atoms. The molecule has 0 saturated carbocycles. The average Bonchev–Trinajstić information content (AvgIpc) is 2.90. The van der Waals surface area contributed by atoms with Gasteiger partial charge < -0.3 is 10.6 Å². The summed E-state index contributed by atoms with van der Waals surface area (Å²) in [6, 6.07) is 9.37. The molecule has 1 saturated heterocycles. The molecule has 5 nitrogen and oxygen atoms in total. The molecule has 1 fully saturated rings. The minimum atomic E-state index is 0.585. The van der Waals surface area contributed by atoms with Crippen molar-refractivity contribution in [3.8, 4) is 17.1 Å². The first-order valence-electron chi connectivity index (χ1n) is 7.68. The third-order valence-corrected chi connectivity index (χ3v) is 4.20. The molecule has 1 aromatic heterocycles. The predicted octanol–water partition coefficient (Wildman–Crippen LogP) is 2.78. The van der Waals surface area contributed by atoms with Gasteiger partial charge in [-0.15, -0.1) is 9.89 Å². The van der Waals surface area contributed by atoms with Crippen LogP contribution in [0.2, 0.25) is 5.02 Å². The summed E-state index contributed by atoms with van der Waals surface area (Å²) in [5, 5.41) is 4.99. The first-order chi connectivity index (χ1) is 10.7. The summed E-state index contributed by atoms with van der Waals surface area (Å²) in [5.74, 6) is 6.45. The molecule has 0 amide bonds. The maximum Gasteiger partial charge on any atom is 0.232 e. The van der Waals surface area contributed by atoms with Crippen LogP contribution in [0.25, 0.3) is 11.3 Å². The van der Waals surface area contributed by atoms with Gasteiger partial charge in [0.05, 0.1) is 5.69 Å². The van der Waals surface area contributed by atoms with Crippen molar-refractivity contribution >= 4 is 11.6 Å². The van der Waals surface area contributed by atoms with E-state index in [4.69, 9.17) is 22.2 Å². The first-order valence-corrected chi connectivity index (χ1v) is 8.06. The van der Waals surface area contributed by atoms with E-state index >= 15 is 0 Å². The van der Waals surface area contributed by atoms with Gasteiger partial charge in [0.1, 0.15) is 6.61 Å². The fraction of sp³-hybridized carbons (Fsp3) is 0.438. The highest BCUT2D eigenvalue weighted by molar-refractivity contribution is 6.30. The molecule has 0 unspecified atom stereocenters. The van der Waals surface area contributed by atoms with E-state index in [1.165, 1.54) is 37.1 Å². The fourth-order valence-electron chi connectivity index (χ4n) is 2.71. The fourth-order valence-corrected chi connectivity index (χ4v) is 2.84. The van der Waals surface area contributed by atoms with Crippen molar-refractivity contribution < 1.29 is 4.74 Å². The number of benzene rings is 1.